The highest BCUT2D eigenvalue weighted by Gasteiger charge is 2.30. The van der Waals surface area contributed by atoms with E-state index in [0.29, 0.717) is 29.7 Å². The summed E-state index contributed by atoms with van der Waals surface area (Å²) in [5, 5.41) is 6.37. The average molecular weight is 475 g/mol. The minimum absolute atomic E-state index is 0.153. The van der Waals surface area contributed by atoms with Crippen LogP contribution in [0.1, 0.15) is 52.5 Å². The molecular weight excluding hydrogens is 440 g/mol. The number of benzene rings is 2. The Morgan fingerprint density at radius 3 is 2.69 bits per heavy atom. The number of carbonyl (C=O) groups excluding carboxylic acids is 2. The van der Waals surface area contributed by atoms with E-state index >= 15 is 0 Å². The number of carbonyl (C=O) groups is 2. The molecule has 35 heavy (non-hydrogen) atoms. The molecule has 0 spiro atoms. The van der Waals surface area contributed by atoms with E-state index in [9.17, 15) is 9.59 Å². The lowest BCUT2D eigenvalue weighted by Crippen LogP contribution is -2.49. The summed E-state index contributed by atoms with van der Waals surface area (Å²) in [6.07, 6.45) is 2.82. The van der Waals surface area contributed by atoms with Crippen LogP contribution in [0.15, 0.2) is 47.5 Å². The maximum absolute atomic E-state index is 13.1. The number of amides is 2. The number of nitrogens with zero attached hydrogens (tertiary/aromatic N) is 4. The van der Waals surface area contributed by atoms with Crippen molar-refractivity contribution >= 4 is 29.1 Å². The molecule has 0 saturated carbocycles. The number of anilines is 2. The molecule has 8 heteroatoms. The number of fused-ring (bicyclic) bond motifs is 5. The van der Waals surface area contributed by atoms with E-state index in [1.165, 1.54) is 5.56 Å². The Bertz CT molecular complexity index is 1150. The molecule has 184 valence electrons. The van der Waals surface area contributed by atoms with Gasteiger partial charge in [-0.3, -0.25) is 14.5 Å². The zero-order chi connectivity index (χ0) is 24.4. The van der Waals surface area contributed by atoms with Gasteiger partial charge >= 0.3 is 0 Å². The van der Waals surface area contributed by atoms with Gasteiger partial charge in [-0.05, 0) is 63.1 Å². The van der Waals surface area contributed by atoms with Crippen LogP contribution in [0, 0.1) is 0 Å². The van der Waals surface area contributed by atoms with Crippen molar-refractivity contribution in [3.63, 3.8) is 0 Å². The quantitative estimate of drug-likeness (QED) is 0.696. The smallest absolute Gasteiger partial charge is 0.280 e. The first-order chi connectivity index (χ1) is 17.0. The fourth-order valence-corrected chi connectivity index (χ4v) is 5.20. The van der Waals surface area contributed by atoms with Crippen LogP contribution in [-0.4, -0.2) is 73.4 Å². The van der Waals surface area contributed by atoms with E-state index in [4.69, 9.17) is 0 Å². The van der Waals surface area contributed by atoms with Crippen molar-refractivity contribution in [2.45, 2.75) is 38.8 Å². The average Bonchev–Trinajstić information content (AvgIpc) is 3.20. The number of aliphatic imine (C=N–C) groups is 1. The molecule has 5 rings (SSSR count). The number of guanidine groups is 1. The van der Waals surface area contributed by atoms with Crippen LogP contribution in [0.2, 0.25) is 0 Å². The molecule has 1 saturated heterocycles. The molecule has 2 bridgehead atoms. The van der Waals surface area contributed by atoms with Crippen LogP contribution >= 0.6 is 0 Å². The maximum atomic E-state index is 13.1. The molecule has 1 fully saturated rings. The predicted molar refractivity (Wildman–Crippen MR) is 139 cm³/mol. The van der Waals surface area contributed by atoms with Gasteiger partial charge in [0.15, 0.2) is 0 Å². The summed E-state index contributed by atoms with van der Waals surface area (Å²) in [6.45, 7) is 7.71. The fraction of sp³-hybridized carbons (Fsp3) is 0.444. The van der Waals surface area contributed by atoms with Crippen molar-refractivity contribution in [3.05, 3.63) is 59.2 Å². The van der Waals surface area contributed by atoms with Gasteiger partial charge < -0.3 is 20.4 Å². The summed E-state index contributed by atoms with van der Waals surface area (Å²) >= 11 is 0. The molecule has 0 aliphatic carbocycles. The van der Waals surface area contributed by atoms with Gasteiger partial charge in [-0.25, -0.2) is 0 Å². The Morgan fingerprint density at radius 1 is 1.00 bits per heavy atom. The van der Waals surface area contributed by atoms with Gasteiger partial charge in [0.05, 0.1) is 11.4 Å². The molecule has 3 heterocycles. The second kappa shape index (κ2) is 10.2. The molecule has 0 unspecified atom stereocenters. The minimum atomic E-state index is -0.355. The first kappa shape index (κ1) is 23.5. The number of hydrogen-bond acceptors (Lipinski definition) is 6. The van der Waals surface area contributed by atoms with Crippen LogP contribution in [0.5, 0.6) is 0 Å². The van der Waals surface area contributed by atoms with Crippen LogP contribution in [0.4, 0.5) is 11.4 Å². The lowest BCUT2D eigenvalue weighted by Gasteiger charge is -2.38. The number of piperazine rings is 1. The molecule has 3 aliphatic rings. The van der Waals surface area contributed by atoms with Gasteiger partial charge in [0.2, 0.25) is 5.96 Å². The van der Waals surface area contributed by atoms with E-state index in [2.05, 4.69) is 62.5 Å². The largest absolute Gasteiger partial charge is 0.352 e. The zero-order valence-corrected chi connectivity index (χ0v) is 20.6. The van der Waals surface area contributed by atoms with Gasteiger partial charge in [-0.15, -0.1) is 0 Å². The topological polar surface area (TPSA) is 80.3 Å². The van der Waals surface area contributed by atoms with Crippen LogP contribution < -0.4 is 15.5 Å². The van der Waals surface area contributed by atoms with Crippen molar-refractivity contribution in [3.8, 4) is 0 Å². The lowest BCUT2D eigenvalue weighted by molar-refractivity contribution is 0.0940. The lowest BCUT2D eigenvalue weighted by atomic mass is 10.1. The Labute approximate surface area is 207 Å². The number of para-hydroxylation sites is 1. The molecule has 2 aromatic carbocycles. The third-order valence-electron chi connectivity index (χ3n) is 7.16. The summed E-state index contributed by atoms with van der Waals surface area (Å²) in [4.78, 5) is 37.2. The fourth-order valence-electron chi connectivity index (χ4n) is 5.20. The molecule has 2 N–H and O–H groups in total. The monoisotopic (exact) mass is 474 g/mol. The Balaban J connectivity index is 1.47. The predicted octanol–water partition coefficient (Wildman–Crippen LogP) is 3.16. The number of hydrogen-bond donors (Lipinski definition) is 2. The highest BCUT2D eigenvalue weighted by Crippen LogP contribution is 2.37. The van der Waals surface area contributed by atoms with Crippen LogP contribution in [0.25, 0.3) is 0 Å². The molecule has 1 atom stereocenters. The SMILES string of the molecule is C[C@@H]1CN(C)CCN1Cc1cccc2c1N1CCCCCNC(=O)c3cccc(c3)C(=O)/N=C/1N2. The van der Waals surface area contributed by atoms with Gasteiger partial charge in [0, 0.05) is 56.4 Å². The van der Waals surface area contributed by atoms with Crippen molar-refractivity contribution in [2.75, 3.05) is 50.0 Å². The molecule has 8 nitrogen and oxygen atoms in total. The number of likely N-dealkylation sites (N-methyl/N-ethyl adjacent to an activating group) is 1. The first-order valence-corrected chi connectivity index (χ1v) is 12.6. The zero-order valence-electron chi connectivity index (χ0n) is 20.6. The van der Waals surface area contributed by atoms with E-state index in [1.807, 2.05) is 0 Å². The van der Waals surface area contributed by atoms with Crippen molar-refractivity contribution < 1.29 is 9.59 Å². The summed E-state index contributed by atoms with van der Waals surface area (Å²) in [7, 11) is 2.18. The van der Waals surface area contributed by atoms with Crippen molar-refractivity contribution in [1.29, 1.82) is 0 Å². The second-order valence-electron chi connectivity index (χ2n) is 9.81. The van der Waals surface area contributed by atoms with Gasteiger partial charge in [0.25, 0.3) is 11.8 Å². The first-order valence-electron chi connectivity index (χ1n) is 12.6. The standard InChI is InChI=1S/C27H34N6O2/c1-19-17-31(2)14-15-32(19)18-22-10-7-11-23-24(22)33-13-5-3-4-12-28-25(34)20-8-6-9-21(16-20)26(35)30-27(33)29-23/h6-11,16,19H,3-5,12-15,17-18H2,1-2H3,(H,28,34)(H,29,30,35)/t19-/m1/s1. The molecular formula is C27H34N6O2. The summed E-state index contributed by atoms with van der Waals surface area (Å²) in [5.74, 6) is 0.0576. The van der Waals surface area contributed by atoms with E-state index in [-0.39, 0.29) is 11.8 Å². The van der Waals surface area contributed by atoms with Gasteiger partial charge in [0.1, 0.15) is 0 Å². The van der Waals surface area contributed by atoms with Crippen molar-refractivity contribution in [1.82, 2.24) is 15.1 Å². The summed E-state index contributed by atoms with van der Waals surface area (Å²) in [6, 6.07) is 13.6. The number of rotatable bonds is 2. The third kappa shape index (κ3) is 5.09. The van der Waals surface area contributed by atoms with E-state index < -0.39 is 0 Å². The van der Waals surface area contributed by atoms with Crippen LogP contribution in [-0.2, 0) is 6.54 Å². The van der Waals surface area contributed by atoms with Gasteiger partial charge in [-0.2, -0.15) is 4.99 Å². The summed E-state index contributed by atoms with van der Waals surface area (Å²) in [5.41, 5.74) is 4.26. The Morgan fingerprint density at radius 2 is 1.83 bits per heavy atom. The van der Waals surface area contributed by atoms with Crippen LogP contribution in [0.3, 0.4) is 0 Å². The highest BCUT2D eigenvalue weighted by molar-refractivity contribution is 6.19. The third-order valence-corrected chi connectivity index (χ3v) is 7.16. The van der Waals surface area contributed by atoms with Crippen molar-refractivity contribution in [2.24, 2.45) is 4.99 Å². The van der Waals surface area contributed by atoms with Gasteiger partial charge in [-0.1, -0.05) is 18.2 Å². The second-order valence-corrected chi connectivity index (χ2v) is 9.81. The Hall–Kier alpha value is -3.23. The minimum Gasteiger partial charge on any atom is -0.352 e. The molecule has 0 radical (unpaired) electrons. The molecule has 3 aliphatic heterocycles. The summed E-state index contributed by atoms with van der Waals surface area (Å²) < 4.78 is 0. The Kier molecular flexibility index (Phi) is 6.83. The maximum Gasteiger partial charge on any atom is 0.280 e. The van der Waals surface area contributed by atoms with E-state index in [1.54, 1.807) is 24.3 Å². The van der Waals surface area contributed by atoms with E-state index in [0.717, 1.165) is 63.4 Å². The number of nitrogens with one attached hydrogen (secondary N) is 2. The molecule has 2 aromatic rings. The highest BCUT2D eigenvalue weighted by atomic mass is 16.2. The molecule has 0 aromatic heterocycles. The normalized spacial score (nSPS) is 23.4. The molecule has 2 amide bonds.